The summed E-state index contributed by atoms with van der Waals surface area (Å²) in [6.45, 7) is 0.157. The Bertz CT molecular complexity index is 546. The van der Waals surface area contributed by atoms with E-state index in [0.717, 1.165) is 5.56 Å². The van der Waals surface area contributed by atoms with Crippen molar-refractivity contribution in [2.45, 2.75) is 6.61 Å². The Morgan fingerprint density at radius 2 is 2.16 bits per heavy atom. The molecule has 2 aromatic rings. The van der Waals surface area contributed by atoms with Crippen LogP contribution in [-0.2, 0) is 6.61 Å². The van der Waals surface area contributed by atoms with Crippen LogP contribution in [0.25, 0.3) is 0 Å². The molecule has 100 valence electrons. The van der Waals surface area contributed by atoms with Gasteiger partial charge in [-0.15, -0.1) is 0 Å². The fourth-order valence-electron chi connectivity index (χ4n) is 1.52. The van der Waals surface area contributed by atoms with Gasteiger partial charge in [0.2, 0.25) is 0 Å². The second-order valence-corrected chi connectivity index (χ2v) is 4.26. The topological polar surface area (TPSA) is 80.4 Å². The fourth-order valence-corrected chi connectivity index (χ4v) is 1.69. The Morgan fingerprint density at radius 3 is 2.84 bits per heavy atom. The maximum absolute atomic E-state index is 8.69. The molecule has 0 radical (unpaired) electrons. The number of nitrogens with two attached hydrogens (primary N) is 1. The van der Waals surface area contributed by atoms with Gasteiger partial charge in [0.05, 0.1) is 6.20 Å². The molecule has 0 bridgehead atoms. The molecule has 0 atom stereocenters. The number of aliphatic hydroxyl groups is 1. The van der Waals surface area contributed by atoms with Crippen molar-refractivity contribution in [2.75, 3.05) is 17.8 Å². The number of aromatic nitrogens is 1. The van der Waals surface area contributed by atoms with E-state index in [9.17, 15) is 0 Å². The summed E-state index contributed by atoms with van der Waals surface area (Å²) < 4.78 is 5.57. The maximum Gasteiger partial charge on any atom is 0.138 e. The van der Waals surface area contributed by atoms with Crippen molar-refractivity contribution in [3.63, 3.8) is 0 Å². The van der Waals surface area contributed by atoms with Crippen LogP contribution in [0.5, 0.6) is 5.75 Å². The highest BCUT2D eigenvalue weighted by Gasteiger charge is 2.03. The second-order valence-electron chi connectivity index (χ2n) is 3.85. The first-order valence-corrected chi connectivity index (χ1v) is 6.04. The van der Waals surface area contributed by atoms with E-state index in [-0.39, 0.29) is 6.73 Å². The minimum Gasteiger partial charge on any atom is -0.487 e. The predicted octanol–water partition coefficient (Wildman–Crippen LogP) is 2.26. The van der Waals surface area contributed by atoms with Crippen LogP contribution in [0.3, 0.4) is 0 Å². The number of nitrogens with one attached hydrogen (secondary N) is 1. The van der Waals surface area contributed by atoms with Crippen LogP contribution in [0, 0.1) is 0 Å². The number of rotatable bonds is 5. The number of anilines is 2. The Morgan fingerprint density at radius 1 is 1.32 bits per heavy atom. The van der Waals surface area contributed by atoms with Gasteiger partial charge < -0.3 is 20.9 Å². The van der Waals surface area contributed by atoms with Gasteiger partial charge in [-0.2, -0.15) is 0 Å². The third-order valence-corrected chi connectivity index (χ3v) is 2.83. The van der Waals surface area contributed by atoms with Crippen LogP contribution in [0.15, 0.2) is 36.5 Å². The number of ether oxygens (including phenoxy) is 1. The lowest BCUT2D eigenvalue weighted by molar-refractivity contribution is 0.305. The Kier molecular flexibility index (Phi) is 4.43. The van der Waals surface area contributed by atoms with Crippen molar-refractivity contribution in [3.05, 3.63) is 47.1 Å². The number of nitrogen functional groups attached to an aromatic ring is 1. The van der Waals surface area contributed by atoms with E-state index in [1.165, 1.54) is 0 Å². The minimum atomic E-state index is -0.161. The lowest BCUT2D eigenvalue weighted by Gasteiger charge is -2.09. The molecule has 1 aromatic heterocycles. The zero-order valence-electron chi connectivity index (χ0n) is 10.1. The van der Waals surface area contributed by atoms with Gasteiger partial charge in [-0.25, -0.2) is 4.98 Å². The molecule has 0 aliphatic rings. The molecule has 0 saturated carbocycles. The Labute approximate surface area is 116 Å². The average molecular weight is 280 g/mol. The van der Waals surface area contributed by atoms with Crippen molar-refractivity contribution < 1.29 is 9.84 Å². The first-order valence-electron chi connectivity index (χ1n) is 5.66. The molecule has 0 aliphatic carbocycles. The molecule has 0 fully saturated rings. The highest BCUT2D eigenvalue weighted by Crippen LogP contribution is 2.21. The standard InChI is InChI=1S/C13H14ClN3O2/c14-12-3-1-10(15)5-9(12)7-19-11-2-4-13(16-6-11)17-8-18/h1-6,18H,7-8,15H2,(H,16,17). The van der Waals surface area contributed by atoms with Crippen LogP contribution in [0.1, 0.15) is 5.56 Å². The normalized spacial score (nSPS) is 10.2. The fraction of sp³-hybridized carbons (Fsp3) is 0.154. The molecule has 19 heavy (non-hydrogen) atoms. The molecular weight excluding hydrogens is 266 g/mol. The zero-order valence-corrected chi connectivity index (χ0v) is 10.9. The first kappa shape index (κ1) is 13.5. The summed E-state index contributed by atoms with van der Waals surface area (Å²) >= 11 is 6.04. The molecule has 0 unspecified atom stereocenters. The highest BCUT2D eigenvalue weighted by molar-refractivity contribution is 6.31. The summed E-state index contributed by atoms with van der Waals surface area (Å²) in [5, 5.41) is 12.0. The SMILES string of the molecule is Nc1ccc(Cl)c(COc2ccc(NCO)nc2)c1. The van der Waals surface area contributed by atoms with Gasteiger partial charge in [0.15, 0.2) is 0 Å². The molecule has 5 nitrogen and oxygen atoms in total. The van der Waals surface area contributed by atoms with Gasteiger partial charge in [-0.05, 0) is 30.3 Å². The van der Waals surface area contributed by atoms with Gasteiger partial charge in [-0.3, -0.25) is 0 Å². The van der Waals surface area contributed by atoms with E-state index >= 15 is 0 Å². The van der Waals surface area contributed by atoms with Crippen LogP contribution in [0.2, 0.25) is 5.02 Å². The largest absolute Gasteiger partial charge is 0.487 e. The summed E-state index contributed by atoms with van der Waals surface area (Å²) in [6.07, 6.45) is 1.57. The lowest BCUT2D eigenvalue weighted by atomic mass is 10.2. The Balaban J connectivity index is 2.00. The zero-order chi connectivity index (χ0) is 13.7. The van der Waals surface area contributed by atoms with Gasteiger partial charge in [0.25, 0.3) is 0 Å². The van der Waals surface area contributed by atoms with E-state index in [1.54, 1.807) is 36.5 Å². The van der Waals surface area contributed by atoms with Gasteiger partial charge >= 0.3 is 0 Å². The first-order chi connectivity index (χ1) is 9.19. The number of hydrogen-bond donors (Lipinski definition) is 3. The lowest BCUT2D eigenvalue weighted by Crippen LogP contribution is -2.02. The summed E-state index contributed by atoms with van der Waals surface area (Å²) in [7, 11) is 0. The number of aliphatic hydroxyl groups excluding tert-OH is 1. The maximum atomic E-state index is 8.69. The molecule has 0 amide bonds. The molecule has 2 rings (SSSR count). The molecule has 6 heteroatoms. The summed E-state index contributed by atoms with van der Waals surface area (Å²) in [5.41, 5.74) is 7.15. The quantitative estimate of drug-likeness (QED) is 0.578. The number of halogens is 1. The van der Waals surface area contributed by atoms with Gasteiger partial charge in [-0.1, -0.05) is 11.6 Å². The van der Waals surface area contributed by atoms with E-state index in [0.29, 0.717) is 28.9 Å². The van der Waals surface area contributed by atoms with Crippen LogP contribution in [-0.4, -0.2) is 16.8 Å². The van der Waals surface area contributed by atoms with Crippen LogP contribution < -0.4 is 15.8 Å². The monoisotopic (exact) mass is 279 g/mol. The van der Waals surface area contributed by atoms with Crippen LogP contribution in [0.4, 0.5) is 11.5 Å². The smallest absolute Gasteiger partial charge is 0.138 e. The number of nitrogens with zero attached hydrogens (tertiary/aromatic N) is 1. The van der Waals surface area contributed by atoms with Crippen molar-refractivity contribution in [1.29, 1.82) is 0 Å². The molecule has 0 saturated heterocycles. The van der Waals surface area contributed by atoms with Crippen molar-refractivity contribution in [1.82, 2.24) is 4.98 Å². The molecule has 4 N–H and O–H groups in total. The minimum absolute atomic E-state index is 0.161. The van der Waals surface area contributed by atoms with Crippen LogP contribution >= 0.6 is 11.6 Å². The summed E-state index contributed by atoms with van der Waals surface area (Å²) in [5.74, 6) is 1.19. The number of pyridine rings is 1. The van der Waals surface area contributed by atoms with Crippen molar-refractivity contribution >= 4 is 23.1 Å². The van der Waals surface area contributed by atoms with Crippen molar-refractivity contribution in [2.24, 2.45) is 0 Å². The van der Waals surface area contributed by atoms with E-state index < -0.39 is 0 Å². The Hall–Kier alpha value is -1.98. The molecule has 0 aliphatic heterocycles. The third kappa shape index (κ3) is 3.74. The third-order valence-electron chi connectivity index (χ3n) is 2.46. The summed E-state index contributed by atoms with van der Waals surface area (Å²) in [6, 6.07) is 8.72. The number of hydrogen-bond acceptors (Lipinski definition) is 5. The molecule has 1 aromatic carbocycles. The predicted molar refractivity (Wildman–Crippen MR) is 75.1 cm³/mol. The average Bonchev–Trinajstić information content (AvgIpc) is 2.42. The van der Waals surface area contributed by atoms with E-state index in [1.807, 2.05) is 0 Å². The highest BCUT2D eigenvalue weighted by atomic mass is 35.5. The molecule has 1 heterocycles. The van der Waals surface area contributed by atoms with E-state index in [4.69, 9.17) is 27.2 Å². The molecular formula is C13H14ClN3O2. The molecule has 0 spiro atoms. The van der Waals surface area contributed by atoms with Gasteiger partial charge in [0.1, 0.15) is 24.9 Å². The van der Waals surface area contributed by atoms with E-state index in [2.05, 4.69) is 10.3 Å². The summed E-state index contributed by atoms with van der Waals surface area (Å²) in [4.78, 5) is 4.07. The van der Waals surface area contributed by atoms with Crippen molar-refractivity contribution in [3.8, 4) is 5.75 Å². The van der Waals surface area contributed by atoms with Gasteiger partial charge in [0, 0.05) is 16.3 Å². The number of benzene rings is 1. The second kappa shape index (κ2) is 6.26.